The molecule has 4 nitrogen and oxygen atoms in total. The van der Waals surface area contributed by atoms with E-state index in [-0.39, 0.29) is 11.3 Å². The Kier molecular flexibility index (Phi) is 4.47. The molecule has 0 saturated heterocycles. The Hall–Kier alpha value is -2.21. The number of nitrogens with one attached hydrogen (secondary N) is 1. The maximum atomic E-state index is 13.0. The summed E-state index contributed by atoms with van der Waals surface area (Å²) in [6.07, 6.45) is 1.38. The molecule has 0 aliphatic carbocycles. The van der Waals surface area contributed by atoms with E-state index in [0.717, 1.165) is 10.5 Å². The summed E-state index contributed by atoms with van der Waals surface area (Å²) in [6.45, 7) is 0. The van der Waals surface area contributed by atoms with Crippen LogP contribution in [0.2, 0.25) is 0 Å². The predicted octanol–water partition coefficient (Wildman–Crippen LogP) is 3.06. The average molecular weight is 337 g/mol. The molecule has 0 aliphatic rings. The quantitative estimate of drug-likeness (QED) is 0.668. The molecule has 2 N–H and O–H groups in total. The van der Waals surface area contributed by atoms with E-state index in [9.17, 15) is 14.3 Å². The largest absolute Gasteiger partial charge is 0.508 e. The number of hydrogen-bond acceptors (Lipinski definition) is 3. The molecule has 2 rings (SSSR count). The number of carbonyl (C=O) groups excluding carboxylic acids is 1. The van der Waals surface area contributed by atoms with Crippen LogP contribution in [-0.2, 0) is 0 Å². The zero-order valence-electron chi connectivity index (χ0n) is 10.2. The van der Waals surface area contributed by atoms with Crippen molar-refractivity contribution in [2.24, 2.45) is 5.10 Å². The zero-order valence-corrected chi connectivity index (χ0v) is 11.8. The number of phenolic OH excluding ortho intramolecular Hbond substituents is 1. The summed E-state index contributed by atoms with van der Waals surface area (Å²) < 4.78 is 13.7. The second-order valence-corrected chi connectivity index (χ2v) is 4.77. The summed E-state index contributed by atoms with van der Waals surface area (Å²) in [5.41, 5.74) is 3.06. The number of benzene rings is 2. The van der Waals surface area contributed by atoms with Crippen molar-refractivity contribution in [3.8, 4) is 5.75 Å². The van der Waals surface area contributed by atoms with Gasteiger partial charge in [0.2, 0.25) is 0 Å². The summed E-state index contributed by atoms with van der Waals surface area (Å²) in [7, 11) is 0. The van der Waals surface area contributed by atoms with E-state index in [1.54, 1.807) is 6.07 Å². The molecule has 2 aromatic rings. The van der Waals surface area contributed by atoms with Gasteiger partial charge in [-0.25, -0.2) is 9.82 Å². The second-order valence-electron chi connectivity index (χ2n) is 3.92. The molecule has 1 amide bonds. The Morgan fingerprint density at radius 1 is 1.30 bits per heavy atom. The summed E-state index contributed by atoms with van der Waals surface area (Å²) in [5.74, 6) is -0.916. The Morgan fingerprint density at radius 3 is 2.85 bits per heavy atom. The maximum Gasteiger partial charge on any atom is 0.271 e. The zero-order chi connectivity index (χ0) is 14.5. The monoisotopic (exact) mass is 336 g/mol. The number of rotatable bonds is 3. The SMILES string of the molecule is O=C(N/N=C\c1cc(O)ccc1Br)c1cccc(F)c1. The van der Waals surface area contributed by atoms with E-state index in [2.05, 4.69) is 26.5 Å². The molecule has 0 radical (unpaired) electrons. The van der Waals surface area contributed by atoms with Crippen molar-refractivity contribution < 1.29 is 14.3 Å². The minimum absolute atomic E-state index is 0.0890. The van der Waals surface area contributed by atoms with E-state index in [4.69, 9.17) is 0 Å². The first-order valence-corrected chi connectivity index (χ1v) is 6.43. The highest BCUT2D eigenvalue weighted by atomic mass is 79.9. The van der Waals surface area contributed by atoms with Crippen LogP contribution >= 0.6 is 15.9 Å². The fraction of sp³-hybridized carbons (Fsp3) is 0. The molecule has 0 saturated carbocycles. The molecule has 102 valence electrons. The van der Waals surface area contributed by atoms with Gasteiger partial charge < -0.3 is 5.11 Å². The van der Waals surface area contributed by atoms with Crippen LogP contribution in [0.25, 0.3) is 0 Å². The van der Waals surface area contributed by atoms with Crippen LogP contribution in [0, 0.1) is 5.82 Å². The molecule has 0 unspecified atom stereocenters. The summed E-state index contributed by atoms with van der Waals surface area (Å²) in [4.78, 5) is 11.7. The van der Waals surface area contributed by atoms with E-state index in [1.807, 2.05) is 0 Å². The third kappa shape index (κ3) is 3.64. The van der Waals surface area contributed by atoms with Crippen molar-refractivity contribution >= 4 is 28.1 Å². The molecule has 0 bridgehead atoms. The van der Waals surface area contributed by atoms with Crippen LogP contribution in [0.15, 0.2) is 52.0 Å². The van der Waals surface area contributed by atoms with Gasteiger partial charge in [0.1, 0.15) is 11.6 Å². The van der Waals surface area contributed by atoms with Gasteiger partial charge in [0, 0.05) is 15.6 Å². The van der Waals surface area contributed by atoms with Crippen LogP contribution in [0.4, 0.5) is 4.39 Å². The molecule has 0 spiro atoms. The van der Waals surface area contributed by atoms with Crippen LogP contribution < -0.4 is 5.43 Å². The summed E-state index contributed by atoms with van der Waals surface area (Å²) in [5, 5.41) is 13.1. The highest BCUT2D eigenvalue weighted by Crippen LogP contribution is 2.19. The lowest BCUT2D eigenvalue weighted by atomic mass is 10.2. The van der Waals surface area contributed by atoms with Gasteiger partial charge in [-0.15, -0.1) is 0 Å². The van der Waals surface area contributed by atoms with Gasteiger partial charge in [-0.3, -0.25) is 4.79 Å². The standard InChI is InChI=1S/C14H10BrFN2O2/c15-13-5-4-12(19)7-10(13)8-17-18-14(20)9-2-1-3-11(16)6-9/h1-8,19H,(H,18,20)/b17-8-. The van der Waals surface area contributed by atoms with Crippen molar-refractivity contribution in [3.63, 3.8) is 0 Å². The molecule has 0 aromatic heterocycles. The van der Waals surface area contributed by atoms with Crippen molar-refractivity contribution in [2.75, 3.05) is 0 Å². The third-order valence-electron chi connectivity index (χ3n) is 2.44. The molecule has 0 atom stereocenters. The number of hydrogen-bond donors (Lipinski definition) is 2. The Balaban J connectivity index is 2.06. The minimum Gasteiger partial charge on any atom is -0.508 e. The molecule has 6 heteroatoms. The van der Waals surface area contributed by atoms with Crippen molar-refractivity contribution in [3.05, 3.63) is 63.9 Å². The maximum absolute atomic E-state index is 13.0. The summed E-state index contributed by atoms with van der Waals surface area (Å²) in [6, 6.07) is 9.97. The van der Waals surface area contributed by atoms with Gasteiger partial charge in [-0.05, 0) is 36.4 Å². The Bertz CT molecular complexity index is 674. The smallest absolute Gasteiger partial charge is 0.271 e. The lowest BCUT2D eigenvalue weighted by Crippen LogP contribution is -2.17. The molecule has 0 heterocycles. The first-order chi connectivity index (χ1) is 9.56. The van der Waals surface area contributed by atoms with E-state index in [1.165, 1.54) is 36.5 Å². The number of phenols is 1. The van der Waals surface area contributed by atoms with Crippen LogP contribution in [-0.4, -0.2) is 17.2 Å². The summed E-state index contributed by atoms with van der Waals surface area (Å²) >= 11 is 3.29. The van der Waals surface area contributed by atoms with Crippen LogP contribution in [0.1, 0.15) is 15.9 Å². The molecular formula is C14H10BrFN2O2. The van der Waals surface area contributed by atoms with Gasteiger partial charge in [-0.2, -0.15) is 5.10 Å². The fourth-order valence-corrected chi connectivity index (χ4v) is 1.83. The predicted molar refractivity (Wildman–Crippen MR) is 77.3 cm³/mol. The van der Waals surface area contributed by atoms with Crippen molar-refractivity contribution in [2.45, 2.75) is 0 Å². The number of nitrogens with zero attached hydrogens (tertiary/aromatic N) is 1. The molecular weight excluding hydrogens is 327 g/mol. The van der Waals surface area contributed by atoms with Gasteiger partial charge in [0.15, 0.2) is 0 Å². The molecule has 0 fully saturated rings. The van der Waals surface area contributed by atoms with Gasteiger partial charge >= 0.3 is 0 Å². The highest BCUT2D eigenvalue weighted by Gasteiger charge is 2.05. The lowest BCUT2D eigenvalue weighted by Gasteiger charge is -2.01. The van der Waals surface area contributed by atoms with Gasteiger partial charge in [0.05, 0.1) is 6.21 Å². The van der Waals surface area contributed by atoms with E-state index >= 15 is 0 Å². The normalized spacial score (nSPS) is 10.7. The molecule has 2 aromatic carbocycles. The fourth-order valence-electron chi connectivity index (χ4n) is 1.48. The average Bonchev–Trinajstić information content (AvgIpc) is 2.42. The van der Waals surface area contributed by atoms with Gasteiger partial charge in [-0.1, -0.05) is 22.0 Å². The Morgan fingerprint density at radius 2 is 2.10 bits per heavy atom. The number of amides is 1. The van der Waals surface area contributed by atoms with Crippen LogP contribution in [0.3, 0.4) is 0 Å². The highest BCUT2D eigenvalue weighted by molar-refractivity contribution is 9.10. The van der Waals surface area contributed by atoms with E-state index < -0.39 is 11.7 Å². The molecule has 20 heavy (non-hydrogen) atoms. The van der Waals surface area contributed by atoms with Crippen molar-refractivity contribution in [1.82, 2.24) is 5.43 Å². The van der Waals surface area contributed by atoms with Crippen LogP contribution in [0.5, 0.6) is 5.75 Å². The third-order valence-corrected chi connectivity index (χ3v) is 3.16. The first kappa shape index (κ1) is 14.2. The lowest BCUT2D eigenvalue weighted by molar-refractivity contribution is 0.0954. The first-order valence-electron chi connectivity index (χ1n) is 5.64. The van der Waals surface area contributed by atoms with E-state index in [0.29, 0.717) is 5.56 Å². The second kappa shape index (κ2) is 6.29. The minimum atomic E-state index is -0.517. The molecule has 0 aliphatic heterocycles. The number of hydrazone groups is 1. The number of halogens is 2. The topological polar surface area (TPSA) is 61.7 Å². The number of aromatic hydroxyl groups is 1. The number of carbonyl (C=O) groups is 1. The Labute approximate surface area is 123 Å². The van der Waals surface area contributed by atoms with Gasteiger partial charge in [0.25, 0.3) is 5.91 Å². The van der Waals surface area contributed by atoms with Crippen molar-refractivity contribution in [1.29, 1.82) is 0 Å².